The fourth-order valence-corrected chi connectivity index (χ4v) is 2.05. The number of carbonyl (C=O) groups is 1. The van der Waals surface area contributed by atoms with Gasteiger partial charge < -0.3 is 4.74 Å². The molecule has 0 saturated heterocycles. The Bertz CT molecular complexity index is 738. The third-order valence-electron chi connectivity index (χ3n) is 3.00. The molecular formula is C15H13ClN2O2. The second kappa shape index (κ2) is 5.75. The van der Waals surface area contributed by atoms with Crippen LogP contribution in [0.15, 0.2) is 54.9 Å². The summed E-state index contributed by atoms with van der Waals surface area (Å²) >= 11 is 0. The molecule has 20 heavy (non-hydrogen) atoms. The molecule has 0 bridgehead atoms. The largest absolute Gasteiger partial charge is 0.465 e. The van der Waals surface area contributed by atoms with E-state index in [4.69, 9.17) is 4.74 Å². The number of nitrogens with zero attached hydrogens (tertiary/aromatic N) is 2. The molecular weight excluding hydrogens is 276 g/mol. The van der Waals surface area contributed by atoms with Crippen LogP contribution in [0, 0.1) is 0 Å². The molecule has 0 radical (unpaired) electrons. The molecule has 4 nitrogen and oxygen atoms in total. The summed E-state index contributed by atoms with van der Waals surface area (Å²) in [4.78, 5) is 15.9. The predicted octanol–water partition coefficient (Wildman–Crippen LogP) is 3.23. The van der Waals surface area contributed by atoms with Gasteiger partial charge >= 0.3 is 5.97 Å². The Hall–Kier alpha value is -2.33. The fourth-order valence-electron chi connectivity index (χ4n) is 2.05. The average molecular weight is 289 g/mol. The van der Waals surface area contributed by atoms with Crippen molar-refractivity contribution < 1.29 is 9.53 Å². The first-order chi connectivity index (χ1) is 9.29. The van der Waals surface area contributed by atoms with Gasteiger partial charge in [0.05, 0.1) is 23.7 Å². The van der Waals surface area contributed by atoms with Crippen LogP contribution in [0.2, 0.25) is 0 Å². The molecule has 102 valence electrons. The monoisotopic (exact) mass is 288 g/mol. The summed E-state index contributed by atoms with van der Waals surface area (Å²) in [6.07, 6.45) is 1.75. The molecule has 0 unspecified atom stereocenters. The number of aromatic nitrogens is 2. The van der Waals surface area contributed by atoms with Crippen molar-refractivity contribution >= 4 is 29.4 Å². The number of rotatable bonds is 2. The highest BCUT2D eigenvalue weighted by atomic mass is 35.5. The highest BCUT2D eigenvalue weighted by Crippen LogP contribution is 2.19. The normalized spacial score (nSPS) is 10.1. The Morgan fingerprint density at radius 2 is 1.90 bits per heavy atom. The van der Waals surface area contributed by atoms with Crippen LogP contribution in [0.4, 0.5) is 0 Å². The summed E-state index contributed by atoms with van der Waals surface area (Å²) < 4.78 is 6.68. The first-order valence-electron chi connectivity index (χ1n) is 5.90. The molecule has 5 heteroatoms. The number of halogens is 1. The molecule has 3 aromatic rings. The minimum atomic E-state index is -0.345. The molecule has 0 aliphatic heterocycles. The number of esters is 1. The second-order valence-corrected chi connectivity index (χ2v) is 4.15. The fraction of sp³-hybridized carbons (Fsp3) is 0.0667. The Labute approximate surface area is 122 Å². The van der Waals surface area contributed by atoms with Crippen LogP contribution in [0.3, 0.4) is 0 Å². The van der Waals surface area contributed by atoms with Gasteiger partial charge in [0.1, 0.15) is 6.33 Å². The van der Waals surface area contributed by atoms with E-state index in [1.807, 2.05) is 41.0 Å². The van der Waals surface area contributed by atoms with Gasteiger partial charge in [-0.1, -0.05) is 18.2 Å². The van der Waals surface area contributed by atoms with E-state index in [-0.39, 0.29) is 18.4 Å². The third kappa shape index (κ3) is 2.38. The van der Waals surface area contributed by atoms with E-state index in [0.717, 1.165) is 16.7 Å². The van der Waals surface area contributed by atoms with Crippen molar-refractivity contribution in [3.8, 4) is 5.69 Å². The van der Waals surface area contributed by atoms with Gasteiger partial charge in [-0.3, -0.25) is 4.57 Å². The molecule has 2 aromatic carbocycles. The van der Waals surface area contributed by atoms with Gasteiger partial charge in [0.25, 0.3) is 0 Å². The van der Waals surface area contributed by atoms with Crippen LogP contribution in [0.25, 0.3) is 16.7 Å². The van der Waals surface area contributed by atoms with Gasteiger partial charge in [0, 0.05) is 5.69 Å². The Balaban J connectivity index is 0.00000147. The highest BCUT2D eigenvalue weighted by Gasteiger charge is 2.10. The van der Waals surface area contributed by atoms with Gasteiger partial charge in [0.2, 0.25) is 0 Å². The summed E-state index contributed by atoms with van der Waals surface area (Å²) in [5.74, 6) is -0.345. The molecule has 1 heterocycles. The van der Waals surface area contributed by atoms with Crippen molar-refractivity contribution in [1.82, 2.24) is 9.55 Å². The van der Waals surface area contributed by atoms with E-state index < -0.39 is 0 Å². The van der Waals surface area contributed by atoms with E-state index >= 15 is 0 Å². The van der Waals surface area contributed by atoms with E-state index in [0.29, 0.717) is 5.56 Å². The van der Waals surface area contributed by atoms with Gasteiger partial charge in [-0.15, -0.1) is 12.4 Å². The number of para-hydroxylation sites is 1. The van der Waals surface area contributed by atoms with Crippen molar-refractivity contribution in [2.45, 2.75) is 0 Å². The zero-order chi connectivity index (χ0) is 13.2. The maximum atomic E-state index is 11.6. The number of methoxy groups -OCH3 is 1. The molecule has 3 rings (SSSR count). The number of hydrogen-bond donors (Lipinski definition) is 0. The molecule has 0 N–H and O–H groups in total. The van der Waals surface area contributed by atoms with Crippen molar-refractivity contribution in [2.24, 2.45) is 0 Å². The molecule has 1 aromatic heterocycles. The molecule has 0 fully saturated rings. The van der Waals surface area contributed by atoms with Crippen LogP contribution >= 0.6 is 12.4 Å². The topological polar surface area (TPSA) is 44.1 Å². The second-order valence-electron chi connectivity index (χ2n) is 4.15. The Morgan fingerprint density at radius 1 is 1.15 bits per heavy atom. The van der Waals surface area contributed by atoms with Crippen LogP contribution in [0.5, 0.6) is 0 Å². The zero-order valence-corrected chi connectivity index (χ0v) is 11.6. The highest BCUT2D eigenvalue weighted by molar-refractivity contribution is 5.94. The van der Waals surface area contributed by atoms with E-state index in [2.05, 4.69) is 4.98 Å². The zero-order valence-electron chi connectivity index (χ0n) is 10.8. The number of hydrogen-bond acceptors (Lipinski definition) is 3. The molecule has 0 atom stereocenters. The number of ether oxygens (including phenoxy) is 1. The minimum absolute atomic E-state index is 0. The van der Waals surface area contributed by atoms with Gasteiger partial charge in [-0.2, -0.15) is 0 Å². The van der Waals surface area contributed by atoms with Crippen molar-refractivity contribution in [3.63, 3.8) is 0 Å². The summed E-state index contributed by atoms with van der Waals surface area (Å²) in [6, 6.07) is 15.2. The summed E-state index contributed by atoms with van der Waals surface area (Å²) in [6.45, 7) is 0. The quantitative estimate of drug-likeness (QED) is 0.680. The Kier molecular flexibility index (Phi) is 4.05. The maximum absolute atomic E-state index is 11.6. The van der Waals surface area contributed by atoms with E-state index in [1.54, 1.807) is 18.5 Å². The number of fused-ring (bicyclic) bond motifs is 1. The van der Waals surface area contributed by atoms with Gasteiger partial charge in [0.15, 0.2) is 0 Å². The third-order valence-corrected chi connectivity index (χ3v) is 3.00. The smallest absolute Gasteiger partial charge is 0.337 e. The standard InChI is InChI=1S/C15H12N2O2.ClH/c1-19-15(18)11-7-8-13-14(9-11)17(10-16-13)12-5-3-2-4-6-12;/h2-10H,1H3;1H. The van der Waals surface area contributed by atoms with E-state index in [1.165, 1.54) is 7.11 Å². The first-order valence-corrected chi connectivity index (χ1v) is 5.90. The summed E-state index contributed by atoms with van der Waals surface area (Å²) in [5.41, 5.74) is 3.25. The van der Waals surface area contributed by atoms with Crippen LogP contribution in [-0.4, -0.2) is 22.6 Å². The molecule has 0 amide bonds. The lowest BCUT2D eigenvalue weighted by atomic mass is 10.2. The molecule has 0 aliphatic carbocycles. The lowest BCUT2D eigenvalue weighted by Crippen LogP contribution is -2.01. The number of imidazole rings is 1. The molecule has 0 aliphatic rings. The number of carbonyl (C=O) groups excluding carboxylic acids is 1. The van der Waals surface area contributed by atoms with Crippen LogP contribution < -0.4 is 0 Å². The lowest BCUT2D eigenvalue weighted by molar-refractivity contribution is 0.0601. The molecule has 0 saturated carbocycles. The van der Waals surface area contributed by atoms with Gasteiger partial charge in [-0.05, 0) is 30.3 Å². The predicted molar refractivity (Wildman–Crippen MR) is 79.7 cm³/mol. The Morgan fingerprint density at radius 3 is 2.60 bits per heavy atom. The SMILES string of the molecule is COC(=O)c1ccc2ncn(-c3ccccc3)c2c1.Cl. The van der Waals surface area contributed by atoms with Crippen molar-refractivity contribution in [2.75, 3.05) is 7.11 Å². The maximum Gasteiger partial charge on any atom is 0.337 e. The van der Waals surface area contributed by atoms with Crippen molar-refractivity contribution in [1.29, 1.82) is 0 Å². The summed E-state index contributed by atoms with van der Waals surface area (Å²) in [5, 5.41) is 0. The van der Waals surface area contributed by atoms with Gasteiger partial charge in [-0.25, -0.2) is 9.78 Å². The average Bonchev–Trinajstić information content (AvgIpc) is 2.90. The summed E-state index contributed by atoms with van der Waals surface area (Å²) in [7, 11) is 1.38. The number of benzene rings is 2. The van der Waals surface area contributed by atoms with E-state index in [9.17, 15) is 4.79 Å². The lowest BCUT2D eigenvalue weighted by Gasteiger charge is -2.04. The van der Waals surface area contributed by atoms with Crippen LogP contribution in [0.1, 0.15) is 10.4 Å². The van der Waals surface area contributed by atoms with Crippen molar-refractivity contribution in [3.05, 3.63) is 60.4 Å². The minimum Gasteiger partial charge on any atom is -0.465 e. The molecule has 0 spiro atoms. The first kappa shape index (κ1) is 14.1. The van der Waals surface area contributed by atoms with Crippen LogP contribution in [-0.2, 0) is 4.74 Å².